The summed E-state index contributed by atoms with van der Waals surface area (Å²) in [6.45, 7) is 0. The molecule has 1 aromatic carbocycles. The first-order valence-electron chi connectivity index (χ1n) is 2.92. The number of aromatic hydroxyl groups is 1. The minimum atomic E-state index is -1.12. The second-order valence-electron chi connectivity index (χ2n) is 2.04. The largest absolute Gasteiger partial charge is 0.508 e. The number of alkyl halides is 1. The Kier molecular flexibility index (Phi) is 2.60. The van der Waals surface area contributed by atoms with Crippen LogP contribution in [0.25, 0.3) is 0 Å². The molecule has 0 aliphatic heterocycles. The molecule has 0 saturated carbocycles. The lowest BCUT2D eigenvalue weighted by Crippen LogP contribution is -1.87. The Morgan fingerprint density at radius 2 is 2.00 bits per heavy atom. The van der Waals surface area contributed by atoms with Crippen molar-refractivity contribution in [2.75, 3.05) is 0 Å². The summed E-state index contributed by atoms with van der Waals surface area (Å²) >= 11 is 11.0. The van der Waals surface area contributed by atoms with Crippen LogP contribution in [0.15, 0.2) is 18.2 Å². The van der Waals surface area contributed by atoms with Gasteiger partial charge in [-0.25, -0.2) is 0 Å². The third kappa shape index (κ3) is 1.99. The van der Waals surface area contributed by atoms with E-state index in [1.54, 1.807) is 0 Å². The highest BCUT2D eigenvalue weighted by Gasteiger charge is 2.07. The summed E-state index contributed by atoms with van der Waals surface area (Å²) in [6.07, 6.45) is 0. The molecule has 60 valence electrons. The molecule has 0 bridgehead atoms. The first-order valence-corrected chi connectivity index (χ1v) is 3.73. The summed E-state index contributed by atoms with van der Waals surface area (Å²) in [5, 5.41) is 18.1. The second-order valence-corrected chi connectivity index (χ2v) is 2.86. The van der Waals surface area contributed by atoms with Crippen LogP contribution in [0, 0.1) is 0 Å². The van der Waals surface area contributed by atoms with E-state index in [2.05, 4.69) is 0 Å². The Bertz CT molecular complexity index is 261. The molecule has 0 saturated heterocycles. The molecule has 1 rings (SSSR count). The molecular weight excluding hydrogens is 187 g/mol. The summed E-state index contributed by atoms with van der Waals surface area (Å²) in [5.41, 5.74) is -0.728. The molecule has 1 atom stereocenters. The normalized spacial score (nSPS) is 13.0. The molecule has 1 aromatic rings. The zero-order valence-electron chi connectivity index (χ0n) is 5.46. The predicted octanol–water partition coefficient (Wildman–Crippen LogP) is 2.28. The van der Waals surface area contributed by atoms with Gasteiger partial charge >= 0.3 is 0 Å². The van der Waals surface area contributed by atoms with Crippen molar-refractivity contribution in [3.8, 4) is 5.75 Å². The quantitative estimate of drug-likeness (QED) is 0.671. The first-order chi connectivity index (χ1) is 5.11. The monoisotopic (exact) mass is 192 g/mol. The van der Waals surface area contributed by atoms with Gasteiger partial charge < -0.3 is 10.2 Å². The van der Waals surface area contributed by atoms with Gasteiger partial charge in [-0.1, -0.05) is 29.3 Å². The smallest absolute Gasteiger partial charge is 0.154 e. The van der Waals surface area contributed by atoms with E-state index in [1.807, 2.05) is 0 Å². The maximum Gasteiger partial charge on any atom is 0.154 e. The lowest BCUT2D eigenvalue weighted by molar-refractivity contribution is 0.263. The van der Waals surface area contributed by atoms with Gasteiger partial charge in [0.25, 0.3) is 0 Å². The van der Waals surface area contributed by atoms with Gasteiger partial charge in [0.15, 0.2) is 5.56 Å². The van der Waals surface area contributed by atoms with Crippen molar-refractivity contribution in [1.29, 1.82) is 0 Å². The van der Waals surface area contributed by atoms with E-state index in [4.69, 9.17) is 33.4 Å². The van der Waals surface area contributed by atoms with E-state index >= 15 is 0 Å². The van der Waals surface area contributed by atoms with Gasteiger partial charge in [0, 0.05) is 5.56 Å². The Morgan fingerprint density at radius 1 is 1.36 bits per heavy atom. The summed E-state index contributed by atoms with van der Waals surface area (Å²) in [7, 11) is 0. The molecule has 2 N–H and O–H groups in total. The minimum Gasteiger partial charge on any atom is -0.508 e. The van der Waals surface area contributed by atoms with Crippen molar-refractivity contribution >= 4 is 23.2 Å². The van der Waals surface area contributed by atoms with Gasteiger partial charge in [-0.15, -0.1) is 0 Å². The third-order valence-electron chi connectivity index (χ3n) is 1.24. The number of phenolic OH excluding ortho intramolecular Hbond substituents is 1. The van der Waals surface area contributed by atoms with Crippen LogP contribution in [-0.2, 0) is 0 Å². The van der Waals surface area contributed by atoms with Crippen molar-refractivity contribution in [3.05, 3.63) is 28.8 Å². The molecule has 0 radical (unpaired) electrons. The molecule has 11 heavy (non-hydrogen) atoms. The molecule has 2 nitrogen and oxygen atoms in total. The summed E-state index contributed by atoms with van der Waals surface area (Å²) < 4.78 is 0. The molecule has 0 fully saturated rings. The van der Waals surface area contributed by atoms with Gasteiger partial charge in [0.05, 0.1) is 5.02 Å². The highest BCUT2D eigenvalue weighted by molar-refractivity contribution is 6.32. The SMILES string of the molecule is Oc1ccc(C(O)Cl)c(Cl)c1. The van der Waals surface area contributed by atoms with Gasteiger partial charge in [-0.2, -0.15) is 0 Å². The standard InChI is InChI=1S/C7H6Cl2O2/c8-6-3-4(10)1-2-5(6)7(9)11/h1-3,7,10-11H. The van der Waals surface area contributed by atoms with Crippen molar-refractivity contribution in [2.24, 2.45) is 0 Å². The zero-order valence-corrected chi connectivity index (χ0v) is 6.97. The fraction of sp³-hybridized carbons (Fsp3) is 0.143. The molecule has 1 unspecified atom stereocenters. The zero-order chi connectivity index (χ0) is 8.43. The topological polar surface area (TPSA) is 40.5 Å². The van der Waals surface area contributed by atoms with E-state index in [0.29, 0.717) is 5.56 Å². The van der Waals surface area contributed by atoms with Crippen molar-refractivity contribution in [1.82, 2.24) is 0 Å². The molecular formula is C7H6Cl2O2. The second kappa shape index (κ2) is 3.30. The van der Waals surface area contributed by atoms with Crippen LogP contribution in [0.1, 0.15) is 11.1 Å². The number of aliphatic hydroxyl groups is 1. The lowest BCUT2D eigenvalue weighted by Gasteiger charge is -2.04. The van der Waals surface area contributed by atoms with E-state index in [1.165, 1.54) is 18.2 Å². The number of benzene rings is 1. The fourth-order valence-corrected chi connectivity index (χ4v) is 1.23. The average molecular weight is 193 g/mol. The van der Waals surface area contributed by atoms with Crippen LogP contribution in [0.3, 0.4) is 0 Å². The summed E-state index contributed by atoms with van der Waals surface area (Å²) in [6, 6.07) is 4.20. The van der Waals surface area contributed by atoms with Gasteiger partial charge in [0.1, 0.15) is 5.75 Å². The van der Waals surface area contributed by atoms with Crippen LogP contribution in [0.5, 0.6) is 5.75 Å². The fourth-order valence-electron chi connectivity index (χ4n) is 0.709. The van der Waals surface area contributed by atoms with Crippen LogP contribution < -0.4 is 0 Å². The maximum atomic E-state index is 8.91. The van der Waals surface area contributed by atoms with Crippen molar-refractivity contribution < 1.29 is 10.2 Å². The number of hydrogen-bond acceptors (Lipinski definition) is 2. The number of rotatable bonds is 1. The highest BCUT2D eigenvalue weighted by atomic mass is 35.5. The number of phenols is 1. The van der Waals surface area contributed by atoms with E-state index < -0.39 is 5.56 Å². The predicted molar refractivity (Wildman–Crippen MR) is 43.9 cm³/mol. The molecule has 0 aliphatic rings. The Labute approximate surface area is 74.0 Å². The van der Waals surface area contributed by atoms with Crippen molar-refractivity contribution in [3.63, 3.8) is 0 Å². The molecule has 0 heterocycles. The minimum absolute atomic E-state index is 0.0519. The van der Waals surface area contributed by atoms with Gasteiger partial charge in [-0.05, 0) is 12.1 Å². The summed E-state index contributed by atoms with van der Waals surface area (Å²) in [4.78, 5) is 0. The Hall–Kier alpha value is -0.440. The van der Waals surface area contributed by atoms with Crippen LogP contribution in [-0.4, -0.2) is 10.2 Å². The average Bonchev–Trinajstić information content (AvgIpc) is 1.85. The summed E-state index contributed by atoms with van der Waals surface area (Å²) in [5.74, 6) is 0.0519. The highest BCUT2D eigenvalue weighted by Crippen LogP contribution is 2.28. The Balaban J connectivity index is 3.09. The molecule has 0 aromatic heterocycles. The molecule has 0 aliphatic carbocycles. The molecule has 4 heteroatoms. The number of hydrogen-bond donors (Lipinski definition) is 2. The van der Waals surface area contributed by atoms with E-state index in [0.717, 1.165) is 0 Å². The Morgan fingerprint density at radius 3 is 2.45 bits per heavy atom. The molecule has 0 spiro atoms. The first kappa shape index (κ1) is 8.65. The van der Waals surface area contributed by atoms with Gasteiger partial charge in [0.2, 0.25) is 0 Å². The third-order valence-corrected chi connectivity index (χ3v) is 1.80. The maximum absolute atomic E-state index is 8.91. The lowest BCUT2D eigenvalue weighted by atomic mass is 10.2. The van der Waals surface area contributed by atoms with Crippen LogP contribution in [0.2, 0.25) is 5.02 Å². The van der Waals surface area contributed by atoms with Gasteiger partial charge in [-0.3, -0.25) is 0 Å². The van der Waals surface area contributed by atoms with Crippen molar-refractivity contribution in [2.45, 2.75) is 5.56 Å². The number of aliphatic hydroxyl groups excluding tert-OH is 1. The number of halogens is 2. The van der Waals surface area contributed by atoms with Crippen LogP contribution in [0.4, 0.5) is 0 Å². The van der Waals surface area contributed by atoms with E-state index in [-0.39, 0.29) is 10.8 Å². The van der Waals surface area contributed by atoms with Crippen LogP contribution >= 0.6 is 23.2 Å². The van der Waals surface area contributed by atoms with E-state index in [9.17, 15) is 0 Å². The molecule has 0 amide bonds.